The minimum absolute atomic E-state index is 0.0629. The van der Waals surface area contributed by atoms with Crippen molar-refractivity contribution >= 4 is 16.8 Å². The van der Waals surface area contributed by atoms with Crippen LogP contribution < -0.4 is 5.32 Å². The lowest BCUT2D eigenvalue weighted by atomic mass is 9.88. The fourth-order valence-corrected chi connectivity index (χ4v) is 3.78. The SMILES string of the molecule is CCCCCCNC(=O)CC(c1ccccc1)c1cn(C)c2ccccc12. The van der Waals surface area contributed by atoms with E-state index < -0.39 is 0 Å². The van der Waals surface area contributed by atoms with Crippen LogP contribution in [0.15, 0.2) is 60.8 Å². The standard InChI is InChI=1S/C24H30N2O/c1-3-4-5-11-16-25-24(27)17-21(19-12-7-6-8-13-19)22-18-26(2)23-15-10-9-14-20(22)23/h6-10,12-15,18,21H,3-5,11,16-17H2,1-2H3,(H,25,27). The highest BCUT2D eigenvalue weighted by molar-refractivity contribution is 5.86. The van der Waals surface area contributed by atoms with Crippen molar-refractivity contribution in [3.63, 3.8) is 0 Å². The highest BCUT2D eigenvalue weighted by Crippen LogP contribution is 2.34. The second kappa shape index (κ2) is 9.40. The van der Waals surface area contributed by atoms with Gasteiger partial charge in [-0.1, -0.05) is 74.7 Å². The molecule has 0 fully saturated rings. The van der Waals surface area contributed by atoms with Crippen molar-refractivity contribution in [1.29, 1.82) is 0 Å². The number of rotatable bonds is 9. The molecule has 0 saturated carbocycles. The van der Waals surface area contributed by atoms with E-state index in [-0.39, 0.29) is 11.8 Å². The Labute approximate surface area is 162 Å². The number of unbranched alkanes of at least 4 members (excludes halogenated alkanes) is 3. The Hall–Kier alpha value is -2.55. The first-order valence-electron chi connectivity index (χ1n) is 10.1. The highest BCUT2D eigenvalue weighted by atomic mass is 16.1. The number of benzene rings is 2. The van der Waals surface area contributed by atoms with E-state index in [0.29, 0.717) is 6.42 Å². The van der Waals surface area contributed by atoms with E-state index in [9.17, 15) is 4.79 Å². The quantitative estimate of drug-likeness (QED) is 0.508. The maximum Gasteiger partial charge on any atom is 0.220 e. The molecule has 3 nitrogen and oxygen atoms in total. The number of carbonyl (C=O) groups excluding carboxylic acids is 1. The van der Waals surface area contributed by atoms with Gasteiger partial charge in [0.15, 0.2) is 0 Å². The molecule has 1 aromatic heterocycles. The van der Waals surface area contributed by atoms with Crippen molar-refractivity contribution in [2.45, 2.75) is 44.9 Å². The van der Waals surface area contributed by atoms with Crippen LogP contribution in [0.1, 0.15) is 56.1 Å². The average Bonchev–Trinajstić information content (AvgIpc) is 3.03. The molecule has 2 aromatic carbocycles. The third-order valence-electron chi connectivity index (χ3n) is 5.25. The highest BCUT2D eigenvalue weighted by Gasteiger charge is 2.21. The van der Waals surface area contributed by atoms with E-state index >= 15 is 0 Å². The van der Waals surface area contributed by atoms with Crippen LogP contribution in [-0.4, -0.2) is 17.0 Å². The third kappa shape index (κ3) is 4.79. The second-order valence-corrected chi connectivity index (χ2v) is 7.29. The molecule has 1 amide bonds. The largest absolute Gasteiger partial charge is 0.356 e. The van der Waals surface area contributed by atoms with Crippen LogP contribution in [-0.2, 0) is 11.8 Å². The molecule has 1 unspecified atom stereocenters. The molecular formula is C24H30N2O. The Kier molecular flexibility index (Phi) is 6.69. The first-order valence-corrected chi connectivity index (χ1v) is 10.1. The maximum atomic E-state index is 12.7. The molecule has 0 aliphatic heterocycles. The van der Waals surface area contributed by atoms with Crippen LogP contribution in [0, 0.1) is 0 Å². The van der Waals surface area contributed by atoms with Crippen LogP contribution in [0.4, 0.5) is 0 Å². The summed E-state index contributed by atoms with van der Waals surface area (Å²) in [6.45, 7) is 2.98. The van der Waals surface area contributed by atoms with E-state index in [1.807, 2.05) is 6.07 Å². The van der Waals surface area contributed by atoms with Gasteiger partial charge in [-0.15, -0.1) is 0 Å². The summed E-state index contributed by atoms with van der Waals surface area (Å²) in [5.41, 5.74) is 3.61. The summed E-state index contributed by atoms with van der Waals surface area (Å²) in [5, 5.41) is 4.35. The molecule has 0 aliphatic rings. The first-order chi connectivity index (χ1) is 13.2. The molecule has 3 heteroatoms. The average molecular weight is 363 g/mol. The van der Waals surface area contributed by atoms with E-state index in [1.165, 1.54) is 41.3 Å². The number of nitrogens with zero attached hydrogens (tertiary/aromatic N) is 1. The van der Waals surface area contributed by atoms with Crippen LogP contribution in [0.25, 0.3) is 10.9 Å². The molecule has 1 heterocycles. The Balaban J connectivity index is 1.81. The summed E-state index contributed by atoms with van der Waals surface area (Å²) in [6, 6.07) is 18.8. The molecule has 1 atom stereocenters. The minimum atomic E-state index is 0.0629. The van der Waals surface area contributed by atoms with E-state index in [1.54, 1.807) is 0 Å². The number of para-hydroxylation sites is 1. The monoisotopic (exact) mass is 362 g/mol. The molecule has 0 bridgehead atoms. The van der Waals surface area contributed by atoms with Crippen molar-refractivity contribution in [1.82, 2.24) is 9.88 Å². The number of fused-ring (bicyclic) bond motifs is 1. The molecule has 0 radical (unpaired) electrons. The summed E-state index contributed by atoms with van der Waals surface area (Å²) in [6.07, 6.45) is 7.35. The number of aryl methyl sites for hydroxylation is 1. The molecule has 142 valence electrons. The molecule has 3 aromatic rings. The lowest BCUT2D eigenvalue weighted by molar-refractivity contribution is -0.121. The molecule has 27 heavy (non-hydrogen) atoms. The van der Waals surface area contributed by atoms with Crippen molar-refractivity contribution in [2.75, 3.05) is 6.54 Å². The van der Waals surface area contributed by atoms with Crippen molar-refractivity contribution < 1.29 is 4.79 Å². The number of hydrogen-bond donors (Lipinski definition) is 1. The zero-order valence-corrected chi connectivity index (χ0v) is 16.4. The van der Waals surface area contributed by atoms with Gasteiger partial charge >= 0.3 is 0 Å². The minimum Gasteiger partial charge on any atom is -0.356 e. The predicted molar refractivity (Wildman–Crippen MR) is 113 cm³/mol. The van der Waals surface area contributed by atoms with Gasteiger partial charge in [0, 0.05) is 43.0 Å². The topological polar surface area (TPSA) is 34.0 Å². The van der Waals surface area contributed by atoms with Crippen LogP contribution >= 0.6 is 0 Å². The molecule has 1 N–H and O–H groups in total. The number of carbonyl (C=O) groups is 1. The number of aromatic nitrogens is 1. The molecule has 3 rings (SSSR count). The molecule has 0 saturated heterocycles. The van der Waals surface area contributed by atoms with Crippen LogP contribution in [0.2, 0.25) is 0 Å². The maximum absolute atomic E-state index is 12.7. The van der Waals surface area contributed by atoms with Crippen molar-refractivity contribution in [3.05, 3.63) is 71.9 Å². The Bertz CT molecular complexity index is 866. The van der Waals surface area contributed by atoms with Crippen molar-refractivity contribution in [2.24, 2.45) is 7.05 Å². The van der Waals surface area contributed by atoms with E-state index in [2.05, 4.69) is 78.6 Å². The van der Waals surface area contributed by atoms with Gasteiger partial charge < -0.3 is 9.88 Å². The number of nitrogens with one attached hydrogen (secondary N) is 1. The fraction of sp³-hybridized carbons (Fsp3) is 0.375. The van der Waals surface area contributed by atoms with Crippen molar-refractivity contribution in [3.8, 4) is 0 Å². The number of hydrogen-bond acceptors (Lipinski definition) is 1. The normalized spacial score (nSPS) is 12.2. The second-order valence-electron chi connectivity index (χ2n) is 7.29. The fourth-order valence-electron chi connectivity index (χ4n) is 3.78. The lowest BCUT2D eigenvalue weighted by Gasteiger charge is -2.17. The molecule has 0 spiro atoms. The van der Waals surface area contributed by atoms with Gasteiger partial charge in [0.1, 0.15) is 0 Å². The Morgan fingerprint density at radius 1 is 1.00 bits per heavy atom. The zero-order chi connectivity index (χ0) is 19.1. The summed E-state index contributed by atoms with van der Waals surface area (Å²) < 4.78 is 2.16. The molecular weight excluding hydrogens is 332 g/mol. The Morgan fingerprint density at radius 2 is 1.74 bits per heavy atom. The lowest BCUT2D eigenvalue weighted by Crippen LogP contribution is -2.26. The summed E-state index contributed by atoms with van der Waals surface area (Å²) >= 11 is 0. The summed E-state index contributed by atoms with van der Waals surface area (Å²) in [5.74, 6) is 0.196. The van der Waals surface area contributed by atoms with Gasteiger partial charge in [-0.25, -0.2) is 0 Å². The van der Waals surface area contributed by atoms with Crippen LogP contribution in [0.5, 0.6) is 0 Å². The first kappa shape index (κ1) is 19.2. The van der Waals surface area contributed by atoms with Gasteiger partial charge in [-0.05, 0) is 23.6 Å². The van der Waals surface area contributed by atoms with Gasteiger partial charge in [0.2, 0.25) is 5.91 Å². The van der Waals surface area contributed by atoms with Gasteiger partial charge in [-0.3, -0.25) is 4.79 Å². The number of amides is 1. The summed E-state index contributed by atoms with van der Waals surface area (Å²) in [7, 11) is 2.07. The summed E-state index contributed by atoms with van der Waals surface area (Å²) in [4.78, 5) is 12.7. The zero-order valence-electron chi connectivity index (χ0n) is 16.4. The van der Waals surface area contributed by atoms with Gasteiger partial charge in [0.25, 0.3) is 0 Å². The van der Waals surface area contributed by atoms with Crippen LogP contribution in [0.3, 0.4) is 0 Å². The van der Waals surface area contributed by atoms with Gasteiger partial charge in [-0.2, -0.15) is 0 Å². The Morgan fingerprint density at radius 3 is 2.52 bits per heavy atom. The van der Waals surface area contributed by atoms with E-state index in [4.69, 9.17) is 0 Å². The predicted octanol–water partition coefficient (Wildman–Crippen LogP) is 5.40. The molecule has 0 aliphatic carbocycles. The third-order valence-corrected chi connectivity index (χ3v) is 5.25. The smallest absolute Gasteiger partial charge is 0.220 e. The van der Waals surface area contributed by atoms with E-state index in [0.717, 1.165) is 13.0 Å². The van der Waals surface area contributed by atoms with Gasteiger partial charge in [0.05, 0.1) is 0 Å².